The molecule has 2 heterocycles. The van der Waals surface area contributed by atoms with Crippen LogP contribution in [-0.2, 0) is 6.18 Å². The smallest absolute Gasteiger partial charge is 0.366 e. The van der Waals surface area contributed by atoms with Gasteiger partial charge in [0.25, 0.3) is 5.91 Å². The minimum atomic E-state index is -4.81. The van der Waals surface area contributed by atoms with Gasteiger partial charge < -0.3 is 11.1 Å². The molecule has 158 valence electrons. The molecule has 1 atom stereocenters. The molecule has 10 heteroatoms. The molecule has 0 unspecified atom stereocenters. The second kappa shape index (κ2) is 8.60. The highest BCUT2D eigenvalue weighted by molar-refractivity contribution is 6.05. The fourth-order valence-corrected chi connectivity index (χ4v) is 3.14. The summed E-state index contributed by atoms with van der Waals surface area (Å²) in [6.45, 7) is 1.95. The minimum Gasteiger partial charge on any atom is -0.366 e. The summed E-state index contributed by atoms with van der Waals surface area (Å²) in [6, 6.07) is 3.74. The van der Waals surface area contributed by atoms with Gasteiger partial charge in [-0.2, -0.15) is 13.2 Å². The Bertz CT molecular complexity index is 1070. The number of halogens is 4. The van der Waals surface area contributed by atoms with Gasteiger partial charge in [0.1, 0.15) is 23.2 Å². The van der Waals surface area contributed by atoms with Gasteiger partial charge >= 0.3 is 6.18 Å². The molecule has 3 rings (SSSR count). The van der Waals surface area contributed by atoms with Gasteiger partial charge in [-0.3, -0.25) is 9.78 Å². The number of unbranched alkanes of at least 4 members (excludes halogenated alkanes) is 1. The number of hydrogen-bond acceptors (Lipinski definition) is 5. The van der Waals surface area contributed by atoms with E-state index in [0.717, 1.165) is 18.6 Å². The number of carbonyl (C=O) groups is 1. The number of rotatable bonds is 7. The van der Waals surface area contributed by atoms with Crippen molar-refractivity contribution in [3.8, 4) is 0 Å². The van der Waals surface area contributed by atoms with E-state index in [-0.39, 0.29) is 28.0 Å². The molecule has 6 nitrogen and oxygen atoms in total. The number of anilines is 1. The minimum absolute atomic E-state index is 0.150. The second-order valence-corrected chi connectivity index (χ2v) is 6.72. The molecule has 3 aromatic rings. The van der Waals surface area contributed by atoms with E-state index < -0.39 is 29.5 Å². The second-order valence-electron chi connectivity index (χ2n) is 6.72. The molecule has 0 saturated carbocycles. The molecule has 0 aliphatic carbocycles. The molecular weight excluding hydrogens is 402 g/mol. The third kappa shape index (κ3) is 4.47. The number of carbonyl (C=O) groups excluding carboxylic acids is 1. The average Bonchev–Trinajstić information content (AvgIpc) is 2.70. The predicted octanol–water partition coefficient (Wildman–Crippen LogP) is 4.63. The van der Waals surface area contributed by atoms with Gasteiger partial charge in [-0.05, 0) is 30.2 Å². The molecule has 0 spiro atoms. The Morgan fingerprint density at radius 2 is 1.93 bits per heavy atom. The lowest BCUT2D eigenvalue weighted by atomic mass is 9.98. The molecule has 0 fully saturated rings. The molecular formula is C20H19F4N5O. The third-order valence-electron chi connectivity index (χ3n) is 4.64. The molecule has 0 aliphatic rings. The lowest BCUT2D eigenvalue weighted by molar-refractivity contribution is -0.140. The van der Waals surface area contributed by atoms with Gasteiger partial charge in [-0.15, -0.1) is 0 Å². The number of alkyl halides is 3. The van der Waals surface area contributed by atoms with E-state index in [2.05, 4.69) is 20.3 Å². The Labute approximate surface area is 169 Å². The van der Waals surface area contributed by atoms with Crippen molar-refractivity contribution in [1.82, 2.24) is 15.0 Å². The highest BCUT2D eigenvalue weighted by Crippen LogP contribution is 2.35. The van der Waals surface area contributed by atoms with Crippen LogP contribution in [0.4, 0.5) is 23.4 Å². The number of fused-ring (bicyclic) bond motifs is 1. The Morgan fingerprint density at radius 1 is 1.17 bits per heavy atom. The predicted molar refractivity (Wildman–Crippen MR) is 103 cm³/mol. The molecule has 1 aromatic carbocycles. The number of nitrogens with one attached hydrogen (secondary N) is 1. The lowest BCUT2D eigenvalue weighted by Gasteiger charge is -2.21. The number of benzene rings is 1. The van der Waals surface area contributed by atoms with Crippen LogP contribution in [0.3, 0.4) is 0 Å². The van der Waals surface area contributed by atoms with Crippen molar-refractivity contribution in [2.24, 2.45) is 5.73 Å². The van der Waals surface area contributed by atoms with Gasteiger partial charge in [-0.25, -0.2) is 14.4 Å². The van der Waals surface area contributed by atoms with Crippen molar-refractivity contribution < 1.29 is 22.4 Å². The Balaban J connectivity index is 2.05. The first kappa shape index (κ1) is 21.4. The van der Waals surface area contributed by atoms with Gasteiger partial charge in [-0.1, -0.05) is 25.8 Å². The molecule has 0 aliphatic heterocycles. The molecule has 2 aromatic heterocycles. The van der Waals surface area contributed by atoms with Crippen LogP contribution >= 0.6 is 0 Å². The maximum absolute atomic E-state index is 13.7. The quantitative estimate of drug-likeness (QED) is 0.543. The summed E-state index contributed by atoms with van der Waals surface area (Å²) in [7, 11) is 0. The summed E-state index contributed by atoms with van der Waals surface area (Å²) in [5.74, 6) is -1.79. The molecule has 0 saturated heterocycles. The van der Waals surface area contributed by atoms with Crippen LogP contribution in [0, 0.1) is 5.82 Å². The van der Waals surface area contributed by atoms with Crippen LogP contribution in [0.15, 0.2) is 36.8 Å². The molecule has 30 heavy (non-hydrogen) atoms. The normalized spacial score (nSPS) is 12.7. The fraction of sp³-hybridized carbons (Fsp3) is 0.300. The number of nitrogens with two attached hydrogens (primary N) is 1. The van der Waals surface area contributed by atoms with E-state index in [4.69, 9.17) is 5.73 Å². The highest BCUT2D eigenvalue weighted by Gasteiger charge is 2.34. The van der Waals surface area contributed by atoms with E-state index in [1.54, 1.807) is 0 Å². The van der Waals surface area contributed by atoms with Crippen LogP contribution < -0.4 is 11.1 Å². The van der Waals surface area contributed by atoms with Crippen molar-refractivity contribution in [3.05, 3.63) is 59.3 Å². The maximum atomic E-state index is 13.7. The maximum Gasteiger partial charge on any atom is 0.419 e. The van der Waals surface area contributed by atoms with Crippen molar-refractivity contribution >= 4 is 22.8 Å². The Morgan fingerprint density at radius 3 is 2.60 bits per heavy atom. The fourth-order valence-electron chi connectivity index (χ4n) is 3.14. The van der Waals surface area contributed by atoms with E-state index >= 15 is 0 Å². The van der Waals surface area contributed by atoms with Crippen molar-refractivity contribution in [1.29, 1.82) is 0 Å². The number of hydrogen-bond donors (Lipinski definition) is 2. The lowest BCUT2D eigenvalue weighted by Crippen LogP contribution is -2.16. The van der Waals surface area contributed by atoms with Crippen LogP contribution in [0.2, 0.25) is 0 Å². The van der Waals surface area contributed by atoms with Crippen molar-refractivity contribution in [2.45, 2.75) is 38.4 Å². The first-order valence-electron chi connectivity index (χ1n) is 9.25. The average molecular weight is 421 g/mol. The zero-order valence-electron chi connectivity index (χ0n) is 16.0. The van der Waals surface area contributed by atoms with Gasteiger partial charge in [0, 0.05) is 6.20 Å². The van der Waals surface area contributed by atoms with Crippen LogP contribution in [0.25, 0.3) is 11.0 Å². The van der Waals surface area contributed by atoms with Gasteiger partial charge in [0.05, 0.1) is 17.2 Å². The summed E-state index contributed by atoms with van der Waals surface area (Å²) < 4.78 is 53.2. The summed E-state index contributed by atoms with van der Waals surface area (Å²) in [6.07, 6.45) is -0.242. The SMILES string of the molecule is CCCC[C@@H](Nc1ncnc2c(C(N)=O)ccnc12)c1ccc(F)c(C(F)(F)F)c1. The summed E-state index contributed by atoms with van der Waals surface area (Å²) in [5.41, 5.74) is 4.94. The van der Waals surface area contributed by atoms with Crippen LogP contribution in [0.1, 0.15) is 53.7 Å². The van der Waals surface area contributed by atoms with E-state index in [1.165, 1.54) is 24.7 Å². The first-order chi connectivity index (χ1) is 14.2. The van der Waals surface area contributed by atoms with E-state index in [1.807, 2.05) is 6.92 Å². The number of pyridine rings is 1. The largest absolute Gasteiger partial charge is 0.419 e. The molecule has 1 amide bonds. The zero-order valence-corrected chi connectivity index (χ0v) is 16.0. The monoisotopic (exact) mass is 421 g/mol. The molecule has 0 radical (unpaired) electrons. The first-order valence-corrected chi connectivity index (χ1v) is 9.25. The Kier molecular flexibility index (Phi) is 6.14. The number of aromatic nitrogens is 3. The number of amides is 1. The third-order valence-corrected chi connectivity index (χ3v) is 4.64. The van der Waals surface area contributed by atoms with Crippen LogP contribution in [0.5, 0.6) is 0 Å². The zero-order chi connectivity index (χ0) is 21.9. The number of nitrogens with zero attached hydrogens (tertiary/aromatic N) is 3. The molecule has 3 N–H and O–H groups in total. The summed E-state index contributed by atoms with van der Waals surface area (Å²) in [4.78, 5) is 24.0. The summed E-state index contributed by atoms with van der Waals surface area (Å²) >= 11 is 0. The van der Waals surface area contributed by atoms with Crippen LogP contribution in [-0.4, -0.2) is 20.9 Å². The van der Waals surface area contributed by atoms with Gasteiger partial charge in [0.2, 0.25) is 0 Å². The van der Waals surface area contributed by atoms with Crippen molar-refractivity contribution in [2.75, 3.05) is 5.32 Å². The van der Waals surface area contributed by atoms with E-state index in [9.17, 15) is 22.4 Å². The highest BCUT2D eigenvalue weighted by atomic mass is 19.4. The number of primary amides is 1. The van der Waals surface area contributed by atoms with Gasteiger partial charge in [0.15, 0.2) is 5.82 Å². The van der Waals surface area contributed by atoms with Crippen molar-refractivity contribution in [3.63, 3.8) is 0 Å². The van der Waals surface area contributed by atoms with E-state index in [0.29, 0.717) is 12.8 Å². The topological polar surface area (TPSA) is 93.8 Å². The summed E-state index contributed by atoms with van der Waals surface area (Å²) in [5, 5.41) is 3.08. The Hall–Kier alpha value is -3.30. The standard InChI is InChI=1S/C20H19F4N5O/c1-2-3-4-15(11-5-6-14(21)13(9-11)20(22,23)24)29-19-17-16(27-10-28-19)12(18(25)30)7-8-26-17/h5-10,15H,2-4H2,1H3,(H2,25,30)(H,27,28,29)/t15-/m1/s1. The molecule has 0 bridgehead atoms.